The molecular weight excluding hydrogens is 368 g/mol. The van der Waals surface area contributed by atoms with Gasteiger partial charge < -0.3 is 4.74 Å². The van der Waals surface area contributed by atoms with Gasteiger partial charge in [0.25, 0.3) is 0 Å². The lowest BCUT2D eigenvalue weighted by molar-refractivity contribution is 0.325. The van der Waals surface area contributed by atoms with Crippen LogP contribution in [0.1, 0.15) is 90.0 Å². The number of rotatable bonds is 16. The van der Waals surface area contributed by atoms with Crippen LogP contribution < -0.4 is 4.74 Å². The Kier molecular flexibility index (Phi) is 12.6. The van der Waals surface area contributed by atoms with E-state index < -0.39 is 0 Å². The minimum Gasteiger partial charge on any atom is -0.493 e. The lowest BCUT2D eigenvalue weighted by atomic mass is 10.1. The number of aryl methyl sites for hydroxylation is 1. The summed E-state index contributed by atoms with van der Waals surface area (Å²) in [4.78, 5) is 9.11. The van der Waals surface area contributed by atoms with E-state index in [0.29, 0.717) is 6.61 Å². The van der Waals surface area contributed by atoms with Crippen LogP contribution in [0, 0.1) is 0 Å². The summed E-state index contributed by atoms with van der Waals surface area (Å²) < 4.78 is 5.84. The van der Waals surface area contributed by atoms with Crippen molar-refractivity contribution in [1.29, 1.82) is 0 Å². The van der Waals surface area contributed by atoms with Gasteiger partial charge in [-0.15, -0.1) is 0 Å². The zero-order valence-electron chi connectivity index (χ0n) is 19.1. The number of aromatic nitrogens is 2. The smallest absolute Gasteiger partial charge is 0.159 e. The third kappa shape index (κ3) is 10.0. The summed E-state index contributed by atoms with van der Waals surface area (Å²) in [5, 5.41) is 0. The van der Waals surface area contributed by atoms with Crippen molar-refractivity contribution in [2.45, 2.75) is 90.9 Å². The molecule has 0 radical (unpaired) electrons. The molecule has 0 saturated heterocycles. The fourth-order valence-electron chi connectivity index (χ4n) is 3.44. The minimum absolute atomic E-state index is 0.717. The van der Waals surface area contributed by atoms with Gasteiger partial charge in [0.2, 0.25) is 0 Å². The molecule has 0 amide bonds. The molecule has 0 aliphatic heterocycles. The second-order valence-electron chi connectivity index (χ2n) is 8.06. The average Bonchev–Trinajstić information content (AvgIpc) is 2.79. The summed E-state index contributed by atoms with van der Waals surface area (Å²) in [6, 6.07) is 8.10. The molecule has 0 fully saturated rings. The van der Waals surface area contributed by atoms with E-state index >= 15 is 0 Å². The van der Waals surface area contributed by atoms with Crippen LogP contribution in [-0.4, -0.2) is 16.6 Å². The number of allylic oxidation sites excluding steroid dienone is 1. The van der Waals surface area contributed by atoms with Crippen molar-refractivity contribution in [3.05, 3.63) is 54.4 Å². The summed E-state index contributed by atoms with van der Waals surface area (Å²) >= 11 is 0. The molecule has 30 heavy (non-hydrogen) atoms. The normalized spacial score (nSPS) is 11.3. The van der Waals surface area contributed by atoms with E-state index in [1.807, 2.05) is 36.7 Å². The largest absolute Gasteiger partial charge is 0.493 e. The van der Waals surface area contributed by atoms with E-state index in [9.17, 15) is 0 Å². The monoisotopic (exact) mass is 408 g/mol. The first-order valence-electron chi connectivity index (χ1n) is 12.0. The Labute approximate surface area is 184 Å². The molecule has 3 nitrogen and oxygen atoms in total. The van der Waals surface area contributed by atoms with Crippen molar-refractivity contribution in [3.8, 4) is 17.1 Å². The second kappa shape index (κ2) is 15.6. The summed E-state index contributed by atoms with van der Waals surface area (Å²) in [5.41, 5.74) is 2.26. The van der Waals surface area contributed by atoms with Gasteiger partial charge in [0.1, 0.15) is 5.75 Å². The molecule has 2 aromatic rings. The molecule has 0 unspecified atom stereocenters. The Balaban J connectivity index is 1.67. The highest BCUT2D eigenvalue weighted by atomic mass is 16.5. The van der Waals surface area contributed by atoms with Gasteiger partial charge in [0.05, 0.1) is 6.61 Å². The molecule has 0 spiro atoms. The van der Waals surface area contributed by atoms with Crippen molar-refractivity contribution >= 4 is 0 Å². The van der Waals surface area contributed by atoms with Crippen molar-refractivity contribution in [1.82, 2.24) is 9.97 Å². The van der Waals surface area contributed by atoms with E-state index in [0.717, 1.165) is 30.0 Å². The van der Waals surface area contributed by atoms with Crippen LogP contribution in [0.2, 0.25) is 0 Å². The van der Waals surface area contributed by atoms with E-state index in [2.05, 4.69) is 36.0 Å². The van der Waals surface area contributed by atoms with E-state index in [-0.39, 0.29) is 0 Å². The van der Waals surface area contributed by atoms with E-state index in [4.69, 9.17) is 4.74 Å². The number of hydrogen-bond acceptors (Lipinski definition) is 3. The van der Waals surface area contributed by atoms with Crippen molar-refractivity contribution in [3.63, 3.8) is 0 Å². The number of unbranched alkanes of at least 4 members (excludes halogenated alkanes) is 8. The van der Waals surface area contributed by atoms with Crippen LogP contribution in [0.3, 0.4) is 0 Å². The van der Waals surface area contributed by atoms with Crippen LogP contribution in [0.5, 0.6) is 5.75 Å². The maximum absolute atomic E-state index is 5.84. The third-order valence-electron chi connectivity index (χ3n) is 5.33. The van der Waals surface area contributed by atoms with Gasteiger partial charge in [-0.05, 0) is 61.9 Å². The molecule has 2 rings (SSSR count). The Hall–Kier alpha value is -2.16. The zero-order valence-corrected chi connectivity index (χ0v) is 19.1. The van der Waals surface area contributed by atoms with Gasteiger partial charge in [0.15, 0.2) is 5.82 Å². The van der Waals surface area contributed by atoms with Crippen LogP contribution in [0.15, 0.2) is 48.8 Å². The lowest BCUT2D eigenvalue weighted by Crippen LogP contribution is -1.96. The quantitative estimate of drug-likeness (QED) is 0.209. The molecule has 3 heteroatoms. The molecule has 1 heterocycles. The zero-order chi connectivity index (χ0) is 21.3. The highest BCUT2D eigenvalue weighted by Crippen LogP contribution is 2.20. The standard InChI is InChI=1S/C27H40N2O/c1-3-5-7-9-10-11-13-15-21-30-26-19-17-25(18-20-26)27-28-22-24(23-29-27)16-14-12-8-6-4-2/h11,13,17-20,22-23H,3-10,12,14-16,21H2,1-2H3. The SMILES string of the molecule is CCCCCCC=CCCOc1ccc(-c2ncc(CCCCCCC)cn2)cc1. The first kappa shape index (κ1) is 24.1. The maximum Gasteiger partial charge on any atom is 0.159 e. The Morgan fingerprint density at radius 2 is 1.37 bits per heavy atom. The van der Waals surface area contributed by atoms with Crippen molar-refractivity contribution < 1.29 is 4.74 Å². The highest BCUT2D eigenvalue weighted by molar-refractivity contribution is 5.55. The molecule has 1 aromatic carbocycles. The van der Waals surface area contributed by atoms with Crippen molar-refractivity contribution in [2.75, 3.05) is 6.61 Å². The highest BCUT2D eigenvalue weighted by Gasteiger charge is 2.03. The predicted molar refractivity (Wildman–Crippen MR) is 128 cm³/mol. The van der Waals surface area contributed by atoms with Gasteiger partial charge in [-0.3, -0.25) is 0 Å². The van der Waals surface area contributed by atoms with E-state index in [1.165, 1.54) is 69.8 Å². The Bertz CT molecular complexity index is 692. The molecule has 0 atom stereocenters. The summed E-state index contributed by atoms with van der Waals surface area (Å²) in [5.74, 6) is 1.68. The topological polar surface area (TPSA) is 35.0 Å². The van der Waals surface area contributed by atoms with Gasteiger partial charge in [0, 0.05) is 18.0 Å². The van der Waals surface area contributed by atoms with Crippen LogP contribution in [0.25, 0.3) is 11.4 Å². The second-order valence-corrected chi connectivity index (χ2v) is 8.06. The fraction of sp³-hybridized carbons (Fsp3) is 0.556. The van der Waals surface area contributed by atoms with E-state index in [1.54, 1.807) is 0 Å². The molecule has 0 aliphatic carbocycles. The first-order valence-corrected chi connectivity index (χ1v) is 12.0. The molecule has 1 aromatic heterocycles. The third-order valence-corrected chi connectivity index (χ3v) is 5.33. The summed E-state index contributed by atoms with van der Waals surface area (Å²) in [7, 11) is 0. The number of hydrogen-bond donors (Lipinski definition) is 0. The molecular formula is C27H40N2O. The minimum atomic E-state index is 0.717. The summed E-state index contributed by atoms with van der Waals surface area (Å²) in [6.45, 7) is 5.22. The molecule has 0 aliphatic rings. The number of nitrogens with zero attached hydrogens (tertiary/aromatic N) is 2. The van der Waals surface area contributed by atoms with Crippen molar-refractivity contribution in [2.24, 2.45) is 0 Å². The average molecular weight is 409 g/mol. The lowest BCUT2D eigenvalue weighted by Gasteiger charge is -2.06. The number of ether oxygens (including phenoxy) is 1. The molecule has 164 valence electrons. The predicted octanol–water partition coefficient (Wildman–Crippen LogP) is 7.95. The fourth-order valence-corrected chi connectivity index (χ4v) is 3.44. The Morgan fingerprint density at radius 1 is 0.733 bits per heavy atom. The van der Waals surface area contributed by atoms with Gasteiger partial charge >= 0.3 is 0 Å². The summed E-state index contributed by atoms with van der Waals surface area (Å²) in [6.07, 6.45) is 23.5. The maximum atomic E-state index is 5.84. The number of benzene rings is 1. The molecule has 0 N–H and O–H groups in total. The Morgan fingerprint density at radius 3 is 2.07 bits per heavy atom. The van der Waals surface area contributed by atoms with Gasteiger partial charge in [-0.2, -0.15) is 0 Å². The molecule has 0 saturated carbocycles. The molecule has 0 bridgehead atoms. The van der Waals surface area contributed by atoms with Gasteiger partial charge in [-0.1, -0.05) is 70.9 Å². The van der Waals surface area contributed by atoms with Crippen LogP contribution >= 0.6 is 0 Å². The first-order chi connectivity index (χ1) is 14.8. The van der Waals surface area contributed by atoms with Crippen LogP contribution in [-0.2, 0) is 6.42 Å². The van der Waals surface area contributed by atoms with Crippen LogP contribution in [0.4, 0.5) is 0 Å². The van der Waals surface area contributed by atoms with Gasteiger partial charge in [-0.25, -0.2) is 9.97 Å².